The van der Waals surface area contributed by atoms with Crippen LogP contribution in [0.15, 0.2) is 17.5 Å². The smallest absolute Gasteiger partial charge is 0.255 e. The van der Waals surface area contributed by atoms with Crippen LogP contribution in [0.4, 0.5) is 0 Å². The summed E-state index contributed by atoms with van der Waals surface area (Å²) in [5.74, 6) is 1.20. The maximum atomic E-state index is 12.4. The first kappa shape index (κ1) is 17.1. The highest BCUT2D eigenvalue weighted by molar-refractivity contribution is 7.09. The number of amides is 1. The zero-order valence-electron chi connectivity index (χ0n) is 13.6. The average Bonchev–Trinajstić information content (AvgIpc) is 2.98. The van der Waals surface area contributed by atoms with Crippen molar-refractivity contribution in [2.45, 2.75) is 13.3 Å². The van der Waals surface area contributed by atoms with Gasteiger partial charge in [-0.3, -0.25) is 4.79 Å². The monoisotopic (exact) mass is 336 g/mol. The Hall–Kier alpha value is -2.28. The van der Waals surface area contributed by atoms with Gasteiger partial charge in [-0.2, -0.15) is 0 Å². The van der Waals surface area contributed by atoms with Gasteiger partial charge in [-0.15, -0.1) is 11.3 Å². The number of benzene rings is 1. The largest absolute Gasteiger partial charge is 0.496 e. The third-order valence-corrected chi connectivity index (χ3v) is 4.11. The first-order chi connectivity index (χ1) is 11.1. The number of hydrogen-bond acceptors (Lipinski definition) is 6. The Kier molecular flexibility index (Phi) is 5.81. The Morgan fingerprint density at radius 2 is 1.78 bits per heavy atom. The van der Waals surface area contributed by atoms with Gasteiger partial charge in [-0.25, -0.2) is 4.98 Å². The van der Waals surface area contributed by atoms with Gasteiger partial charge in [0.05, 0.1) is 37.6 Å². The molecule has 124 valence electrons. The van der Waals surface area contributed by atoms with Crippen molar-refractivity contribution in [3.8, 4) is 17.2 Å². The molecule has 2 rings (SSSR count). The number of thiazole rings is 1. The number of nitrogens with zero attached hydrogens (tertiary/aromatic N) is 1. The van der Waals surface area contributed by atoms with Crippen LogP contribution in [0.2, 0.25) is 0 Å². The first-order valence-electron chi connectivity index (χ1n) is 7.08. The fourth-order valence-corrected chi connectivity index (χ4v) is 2.78. The second-order valence-electron chi connectivity index (χ2n) is 4.77. The molecule has 6 nitrogen and oxygen atoms in total. The number of carbonyl (C=O) groups is 1. The molecule has 0 saturated carbocycles. The predicted octanol–water partition coefficient (Wildman–Crippen LogP) is 2.45. The lowest BCUT2D eigenvalue weighted by Gasteiger charge is -2.14. The van der Waals surface area contributed by atoms with E-state index in [9.17, 15) is 4.79 Å². The van der Waals surface area contributed by atoms with Crippen LogP contribution in [0.3, 0.4) is 0 Å². The number of carbonyl (C=O) groups excluding carboxylic acids is 1. The van der Waals surface area contributed by atoms with Crippen LogP contribution in [0, 0.1) is 6.92 Å². The number of methoxy groups -OCH3 is 3. The van der Waals surface area contributed by atoms with Gasteiger partial charge >= 0.3 is 0 Å². The quantitative estimate of drug-likeness (QED) is 0.841. The molecule has 0 fully saturated rings. The minimum absolute atomic E-state index is 0.227. The Morgan fingerprint density at radius 3 is 2.35 bits per heavy atom. The number of hydrogen-bond donors (Lipinski definition) is 1. The average molecular weight is 336 g/mol. The highest BCUT2D eigenvalue weighted by Gasteiger charge is 2.17. The molecule has 0 aliphatic rings. The summed E-state index contributed by atoms with van der Waals surface area (Å²) in [6, 6.07) is 3.25. The van der Waals surface area contributed by atoms with Gasteiger partial charge in [0.2, 0.25) is 0 Å². The lowest BCUT2D eigenvalue weighted by atomic mass is 10.1. The summed E-state index contributed by atoms with van der Waals surface area (Å²) in [4.78, 5) is 16.8. The predicted molar refractivity (Wildman–Crippen MR) is 89.0 cm³/mol. The number of rotatable bonds is 7. The van der Waals surface area contributed by atoms with Crippen LogP contribution < -0.4 is 19.5 Å². The van der Waals surface area contributed by atoms with E-state index in [-0.39, 0.29) is 5.91 Å². The number of aryl methyl sites for hydroxylation is 1. The SMILES string of the molecule is COc1cc(OC)c(C(=O)NCCc2csc(C)n2)cc1OC. The molecule has 0 spiro atoms. The van der Waals surface area contributed by atoms with Crippen molar-refractivity contribution < 1.29 is 19.0 Å². The summed E-state index contributed by atoms with van der Waals surface area (Å²) in [5, 5.41) is 5.89. The second-order valence-corrected chi connectivity index (χ2v) is 5.83. The van der Waals surface area contributed by atoms with Crippen molar-refractivity contribution in [1.82, 2.24) is 10.3 Å². The van der Waals surface area contributed by atoms with E-state index in [0.717, 1.165) is 10.7 Å². The fraction of sp³-hybridized carbons (Fsp3) is 0.375. The van der Waals surface area contributed by atoms with Gasteiger partial charge < -0.3 is 19.5 Å². The van der Waals surface area contributed by atoms with E-state index in [0.29, 0.717) is 35.8 Å². The van der Waals surface area contributed by atoms with Crippen molar-refractivity contribution >= 4 is 17.2 Å². The van der Waals surface area contributed by atoms with Crippen LogP contribution >= 0.6 is 11.3 Å². The molecule has 7 heteroatoms. The molecular weight excluding hydrogens is 316 g/mol. The second kappa shape index (κ2) is 7.82. The summed E-state index contributed by atoms with van der Waals surface area (Å²) in [5.41, 5.74) is 1.38. The number of nitrogens with one attached hydrogen (secondary N) is 1. The molecular formula is C16H20N2O4S. The molecule has 23 heavy (non-hydrogen) atoms. The Morgan fingerprint density at radius 1 is 1.13 bits per heavy atom. The molecule has 1 heterocycles. The highest BCUT2D eigenvalue weighted by Crippen LogP contribution is 2.34. The Balaban J connectivity index is 2.08. The lowest BCUT2D eigenvalue weighted by molar-refractivity contribution is 0.0950. The first-order valence-corrected chi connectivity index (χ1v) is 7.96. The van der Waals surface area contributed by atoms with Crippen LogP contribution in [0.5, 0.6) is 17.2 Å². The van der Waals surface area contributed by atoms with Gasteiger partial charge in [0, 0.05) is 30.5 Å². The van der Waals surface area contributed by atoms with Crippen LogP contribution in [0.1, 0.15) is 21.1 Å². The van der Waals surface area contributed by atoms with Crippen molar-refractivity contribution in [3.63, 3.8) is 0 Å². The van der Waals surface area contributed by atoms with Crippen LogP contribution in [-0.2, 0) is 6.42 Å². The van der Waals surface area contributed by atoms with Crippen LogP contribution in [-0.4, -0.2) is 38.8 Å². The standard InChI is InChI=1S/C16H20N2O4S/c1-10-18-11(9-23-10)5-6-17-16(19)12-7-14(21-3)15(22-4)8-13(12)20-2/h7-9H,5-6H2,1-4H3,(H,17,19). The van der Waals surface area contributed by atoms with Crippen LogP contribution in [0.25, 0.3) is 0 Å². The Bertz CT molecular complexity index is 685. The minimum atomic E-state index is -0.227. The van der Waals surface area contributed by atoms with E-state index >= 15 is 0 Å². The van der Waals surface area contributed by atoms with E-state index in [4.69, 9.17) is 14.2 Å². The third kappa shape index (κ3) is 4.13. The molecule has 0 bridgehead atoms. The van der Waals surface area contributed by atoms with Gasteiger partial charge in [0.15, 0.2) is 11.5 Å². The fourth-order valence-electron chi connectivity index (χ4n) is 2.13. The van der Waals surface area contributed by atoms with Gasteiger partial charge in [0.25, 0.3) is 5.91 Å². The third-order valence-electron chi connectivity index (χ3n) is 3.28. The zero-order chi connectivity index (χ0) is 16.8. The van der Waals surface area contributed by atoms with E-state index < -0.39 is 0 Å². The molecule has 0 radical (unpaired) electrons. The molecule has 0 saturated heterocycles. The minimum Gasteiger partial charge on any atom is -0.496 e. The summed E-state index contributed by atoms with van der Waals surface area (Å²) >= 11 is 1.60. The molecule has 1 aromatic heterocycles. The molecule has 1 aromatic carbocycles. The Labute approximate surface area is 139 Å². The van der Waals surface area contributed by atoms with Crippen molar-refractivity contribution in [3.05, 3.63) is 33.8 Å². The molecule has 0 atom stereocenters. The van der Waals surface area contributed by atoms with Crippen molar-refractivity contribution in [2.75, 3.05) is 27.9 Å². The maximum Gasteiger partial charge on any atom is 0.255 e. The van der Waals surface area contributed by atoms with Gasteiger partial charge in [-0.05, 0) is 6.92 Å². The summed E-state index contributed by atoms with van der Waals surface area (Å²) in [6.45, 7) is 2.46. The molecule has 0 aliphatic heterocycles. The maximum absolute atomic E-state index is 12.4. The van der Waals surface area contributed by atoms with Crippen molar-refractivity contribution in [2.24, 2.45) is 0 Å². The van der Waals surface area contributed by atoms with Gasteiger partial charge in [-0.1, -0.05) is 0 Å². The number of ether oxygens (including phenoxy) is 3. The lowest BCUT2D eigenvalue weighted by Crippen LogP contribution is -2.26. The molecule has 1 N–H and O–H groups in total. The molecule has 0 aliphatic carbocycles. The normalized spacial score (nSPS) is 10.3. The van der Waals surface area contributed by atoms with Crippen molar-refractivity contribution in [1.29, 1.82) is 0 Å². The molecule has 0 unspecified atom stereocenters. The molecule has 2 aromatic rings. The van der Waals surface area contributed by atoms with E-state index in [1.165, 1.54) is 21.3 Å². The topological polar surface area (TPSA) is 69.7 Å². The summed E-state index contributed by atoms with van der Waals surface area (Å²) in [7, 11) is 4.57. The van der Waals surface area contributed by atoms with E-state index in [2.05, 4.69) is 10.3 Å². The van der Waals surface area contributed by atoms with Gasteiger partial charge in [0.1, 0.15) is 5.75 Å². The molecule has 1 amide bonds. The van der Waals surface area contributed by atoms with E-state index in [1.807, 2.05) is 12.3 Å². The number of aromatic nitrogens is 1. The zero-order valence-corrected chi connectivity index (χ0v) is 14.5. The summed E-state index contributed by atoms with van der Waals surface area (Å²) in [6.07, 6.45) is 0.686. The highest BCUT2D eigenvalue weighted by atomic mass is 32.1. The van der Waals surface area contributed by atoms with E-state index in [1.54, 1.807) is 23.5 Å². The summed E-state index contributed by atoms with van der Waals surface area (Å²) < 4.78 is 15.7.